The first-order valence-electron chi connectivity index (χ1n) is 8.65. The maximum Gasteiger partial charge on any atom is 0.237 e. The zero-order chi connectivity index (χ0) is 18.6. The summed E-state index contributed by atoms with van der Waals surface area (Å²) in [4.78, 5) is 2.25. The third kappa shape index (κ3) is 4.66. The highest BCUT2D eigenvalue weighted by atomic mass is 32.2. The molecule has 1 heterocycles. The van der Waals surface area contributed by atoms with E-state index >= 15 is 0 Å². The van der Waals surface area contributed by atoms with Crippen molar-refractivity contribution in [2.24, 2.45) is 0 Å². The van der Waals surface area contributed by atoms with Gasteiger partial charge in [-0.15, -0.1) is 0 Å². The molecule has 0 spiro atoms. The lowest BCUT2D eigenvalue weighted by atomic mass is 10.1. The molecular formula is C19H23FN2O3S. The molecule has 0 atom stereocenters. The summed E-state index contributed by atoms with van der Waals surface area (Å²) in [6.45, 7) is 1.93. The summed E-state index contributed by atoms with van der Waals surface area (Å²) in [5.41, 5.74) is 1.91. The third-order valence-electron chi connectivity index (χ3n) is 4.44. The second-order valence-corrected chi connectivity index (χ2v) is 8.14. The van der Waals surface area contributed by atoms with Crippen molar-refractivity contribution in [1.29, 1.82) is 0 Å². The minimum Gasteiger partial charge on any atom is -0.495 e. The minimum atomic E-state index is -3.65. The van der Waals surface area contributed by atoms with E-state index < -0.39 is 15.8 Å². The molecule has 2 aromatic rings. The van der Waals surface area contributed by atoms with E-state index in [2.05, 4.69) is 9.62 Å². The number of hydrogen-bond acceptors (Lipinski definition) is 4. The number of rotatable bonds is 6. The van der Waals surface area contributed by atoms with Crippen LogP contribution in [0.25, 0.3) is 0 Å². The molecule has 7 heteroatoms. The van der Waals surface area contributed by atoms with Crippen LogP contribution in [-0.4, -0.2) is 28.6 Å². The Labute approximate surface area is 153 Å². The van der Waals surface area contributed by atoms with Crippen LogP contribution >= 0.6 is 0 Å². The highest BCUT2D eigenvalue weighted by Crippen LogP contribution is 2.32. The quantitative estimate of drug-likeness (QED) is 0.831. The molecule has 1 N–H and O–H groups in total. The SMILES string of the molecule is COc1ccc(N2CCCCC2)cc1NS(=O)(=O)Cc1ccc(F)cc1. The average molecular weight is 378 g/mol. The smallest absolute Gasteiger partial charge is 0.237 e. The summed E-state index contributed by atoms with van der Waals surface area (Å²) in [5.74, 6) is -0.159. The molecule has 3 rings (SSSR count). The minimum absolute atomic E-state index is 0.232. The third-order valence-corrected chi connectivity index (χ3v) is 5.68. The van der Waals surface area contributed by atoms with Crippen LogP contribution in [0.1, 0.15) is 24.8 Å². The standard InChI is InChI=1S/C19H23FN2O3S/c1-25-19-10-9-17(22-11-3-2-4-12-22)13-18(19)21-26(23,24)14-15-5-7-16(20)8-6-15/h5-10,13,21H,2-4,11-12,14H2,1H3. The zero-order valence-corrected chi connectivity index (χ0v) is 15.6. The fraction of sp³-hybridized carbons (Fsp3) is 0.368. The normalized spacial score (nSPS) is 14.9. The molecule has 140 valence electrons. The van der Waals surface area contributed by atoms with E-state index in [1.165, 1.54) is 37.8 Å². The van der Waals surface area contributed by atoms with Crippen LogP contribution < -0.4 is 14.4 Å². The van der Waals surface area contributed by atoms with Crippen LogP contribution in [0.2, 0.25) is 0 Å². The van der Waals surface area contributed by atoms with Crippen LogP contribution in [0.4, 0.5) is 15.8 Å². The van der Waals surface area contributed by atoms with Crippen LogP contribution in [0, 0.1) is 5.82 Å². The fourth-order valence-electron chi connectivity index (χ4n) is 3.13. The van der Waals surface area contributed by atoms with Crippen molar-refractivity contribution in [2.75, 3.05) is 29.8 Å². The molecule has 0 aliphatic carbocycles. The highest BCUT2D eigenvalue weighted by Gasteiger charge is 2.18. The van der Waals surface area contributed by atoms with Crippen LogP contribution in [0.5, 0.6) is 5.75 Å². The Bertz CT molecular complexity index is 848. The van der Waals surface area contributed by atoms with Gasteiger partial charge in [0, 0.05) is 18.8 Å². The lowest BCUT2D eigenvalue weighted by Crippen LogP contribution is -2.29. The molecular weight excluding hydrogens is 355 g/mol. The first kappa shape index (κ1) is 18.5. The number of nitrogens with one attached hydrogen (secondary N) is 1. The summed E-state index contributed by atoms with van der Waals surface area (Å²) in [5, 5.41) is 0. The van der Waals surface area contributed by atoms with Crippen molar-refractivity contribution in [3.63, 3.8) is 0 Å². The molecule has 0 bridgehead atoms. The van der Waals surface area contributed by atoms with Gasteiger partial charge in [-0.05, 0) is 55.2 Å². The number of nitrogens with zero attached hydrogens (tertiary/aromatic N) is 1. The summed E-state index contributed by atoms with van der Waals surface area (Å²) < 4.78 is 46.0. The topological polar surface area (TPSA) is 58.6 Å². The monoisotopic (exact) mass is 378 g/mol. The zero-order valence-electron chi connectivity index (χ0n) is 14.7. The predicted molar refractivity (Wildman–Crippen MR) is 102 cm³/mol. The Morgan fingerprint density at radius 2 is 1.77 bits per heavy atom. The molecule has 0 unspecified atom stereocenters. The molecule has 0 radical (unpaired) electrons. The summed E-state index contributed by atoms with van der Waals surface area (Å²) in [6.07, 6.45) is 3.50. The Kier molecular flexibility index (Phi) is 5.66. The lowest BCUT2D eigenvalue weighted by molar-refractivity contribution is 0.417. The number of halogens is 1. The molecule has 0 aromatic heterocycles. The second kappa shape index (κ2) is 7.95. The Morgan fingerprint density at radius 1 is 1.08 bits per heavy atom. The molecule has 5 nitrogen and oxygen atoms in total. The average Bonchev–Trinajstić information content (AvgIpc) is 2.64. The van der Waals surface area contributed by atoms with E-state index in [-0.39, 0.29) is 5.75 Å². The van der Waals surface area contributed by atoms with Gasteiger partial charge in [-0.3, -0.25) is 4.72 Å². The van der Waals surface area contributed by atoms with Crippen molar-refractivity contribution in [3.05, 3.63) is 53.8 Å². The number of benzene rings is 2. The van der Waals surface area contributed by atoms with Gasteiger partial charge in [-0.25, -0.2) is 12.8 Å². The van der Waals surface area contributed by atoms with Crippen molar-refractivity contribution < 1.29 is 17.5 Å². The highest BCUT2D eigenvalue weighted by molar-refractivity contribution is 7.91. The summed E-state index contributed by atoms with van der Waals surface area (Å²) >= 11 is 0. The number of hydrogen-bond donors (Lipinski definition) is 1. The maximum absolute atomic E-state index is 13.0. The van der Waals surface area contributed by atoms with E-state index in [0.717, 1.165) is 31.6 Å². The number of piperidine rings is 1. The number of methoxy groups -OCH3 is 1. The van der Waals surface area contributed by atoms with Crippen molar-refractivity contribution in [2.45, 2.75) is 25.0 Å². The molecule has 0 saturated carbocycles. The Hall–Kier alpha value is -2.28. The van der Waals surface area contributed by atoms with Gasteiger partial charge >= 0.3 is 0 Å². The molecule has 1 aliphatic rings. The van der Waals surface area contributed by atoms with Crippen LogP contribution in [0.15, 0.2) is 42.5 Å². The van der Waals surface area contributed by atoms with Gasteiger partial charge < -0.3 is 9.64 Å². The van der Waals surface area contributed by atoms with Gasteiger partial charge in [-0.2, -0.15) is 0 Å². The Morgan fingerprint density at radius 3 is 2.42 bits per heavy atom. The number of anilines is 2. The van der Waals surface area contributed by atoms with E-state index in [4.69, 9.17) is 4.74 Å². The van der Waals surface area contributed by atoms with Crippen molar-refractivity contribution >= 4 is 21.4 Å². The molecule has 2 aromatic carbocycles. The van der Waals surface area contributed by atoms with Gasteiger partial charge in [0.2, 0.25) is 10.0 Å². The molecule has 1 aliphatic heterocycles. The molecule has 1 saturated heterocycles. The van der Waals surface area contributed by atoms with E-state index in [0.29, 0.717) is 17.0 Å². The van der Waals surface area contributed by atoms with Gasteiger partial charge in [0.1, 0.15) is 11.6 Å². The number of sulfonamides is 1. The Balaban J connectivity index is 1.81. The largest absolute Gasteiger partial charge is 0.495 e. The molecule has 0 amide bonds. The second-order valence-electron chi connectivity index (χ2n) is 6.42. The van der Waals surface area contributed by atoms with Crippen LogP contribution in [-0.2, 0) is 15.8 Å². The maximum atomic E-state index is 13.0. The molecule has 26 heavy (non-hydrogen) atoms. The van der Waals surface area contributed by atoms with Gasteiger partial charge in [0.05, 0.1) is 18.6 Å². The molecule has 1 fully saturated rings. The first-order valence-corrected chi connectivity index (χ1v) is 10.3. The van der Waals surface area contributed by atoms with E-state index in [9.17, 15) is 12.8 Å². The lowest BCUT2D eigenvalue weighted by Gasteiger charge is -2.29. The number of ether oxygens (including phenoxy) is 1. The fourth-order valence-corrected chi connectivity index (χ4v) is 4.33. The summed E-state index contributed by atoms with van der Waals surface area (Å²) in [6, 6.07) is 11.0. The van der Waals surface area contributed by atoms with Crippen LogP contribution in [0.3, 0.4) is 0 Å². The van der Waals surface area contributed by atoms with E-state index in [1.54, 1.807) is 6.07 Å². The predicted octanol–water partition coefficient (Wildman–Crippen LogP) is 3.77. The van der Waals surface area contributed by atoms with Gasteiger partial charge in [-0.1, -0.05) is 12.1 Å². The summed E-state index contributed by atoms with van der Waals surface area (Å²) in [7, 11) is -2.14. The van der Waals surface area contributed by atoms with Gasteiger partial charge in [0.25, 0.3) is 0 Å². The van der Waals surface area contributed by atoms with Crippen molar-refractivity contribution in [1.82, 2.24) is 0 Å². The van der Waals surface area contributed by atoms with Crippen molar-refractivity contribution in [3.8, 4) is 5.75 Å². The van der Waals surface area contributed by atoms with Gasteiger partial charge in [0.15, 0.2) is 0 Å². The van der Waals surface area contributed by atoms with E-state index in [1.807, 2.05) is 12.1 Å². The first-order chi connectivity index (χ1) is 12.5.